The molecule has 0 aliphatic rings. The number of nitrogens with one attached hydrogen (secondary N) is 2. The molecule has 0 radical (unpaired) electrons. The van der Waals surface area contributed by atoms with Crippen molar-refractivity contribution in [1.29, 1.82) is 0 Å². The van der Waals surface area contributed by atoms with Crippen LogP contribution in [0, 0.1) is 0 Å². The number of aromatic nitrogens is 1. The zero-order valence-corrected chi connectivity index (χ0v) is 16.3. The minimum atomic E-state index is -0.147. The van der Waals surface area contributed by atoms with E-state index < -0.39 is 0 Å². The lowest BCUT2D eigenvalue weighted by molar-refractivity contribution is 0.237. The molecule has 0 bridgehead atoms. The largest absolute Gasteiger partial charge is 0.338 e. The topological polar surface area (TPSA) is 54.0 Å². The van der Waals surface area contributed by atoms with E-state index in [2.05, 4.69) is 52.2 Å². The summed E-state index contributed by atoms with van der Waals surface area (Å²) in [6.45, 7) is 2.68. The summed E-state index contributed by atoms with van der Waals surface area (Å²) in [6, 6.07) is 20.1. The Morgan fingerprint density at radius 3 is 2.44 bits per heavy atom. The minimum absolute atomic E-state index is 0.0698. The van der Waals surface area contributed by atoms with Crippen LogP contribution in [0.4, 0.5) is 4.79 Å². The number of hydrogen-bond donors (Lipinski definition) is 2. The second-order valence-electron chi connectivity index (χ2n) is 6.39. The van der Waals surface area contributed by atoms with Crippen LogP contribution < -0.4 is 10.6 Å². The summed E-state index contributed by atoms with van der Waals surface area (Å²) in [5.74, 6) is 0. The fourth-order valence-electron chi connectivity index (χ4n) is 2.93. The van der Waals surface area contributed by atoms with Crippen molar-refractivity contribution in [2.24, 2.45) is 0 Å². The van der Waals surface area contributed by atoms with E-state index in [1.165, 1.54) is 5.56 Å². The Hall–Kier alpha value is -2.66. The lowest BCUT2D eigenvalue weighted by Crippen LogP contribution is -2.39. The molecule has 0 spiro atoms. The lowest BCUT2D eigenvalue weighted by atomic mass is 9.99. The Labute approximate surface area is 164 Å². The molecule has 2 amide bonds. The van der Waals surface area contributed by atoms with Gasteiger partial charge in [0.15, 0.2) is 0 Å². The van der Waals surface area contributed by atoms with Gasteiger partial charge in [0.1, 0.15) is 0 Å². The van der Waals surface area contributed by atoms with Crippen molar-refractivity contribution >= 4 is 17.4 Å². The van der Waals surface area contributed by atoms with Crippen LogP contribution >= 0.6 is 11.3 Å². The smallest absolute Gasteiger partial charge is 0.315 e. The van der Waals surface area contributed by atoms with E-state index in [1.807, 2.05) is 36.4 Å². The van der Waals surface area contributed by atoms with E-state index in [1.54, 1.807) is 11.3 Å². The second kappa shape index (κ2) is 9.88. The standard InChI is InChI=1S/C22H25N3OS/c1-2-21-24-19(16-27-21)13-14-23-22(26)25-20(18-11-7-4-8-12-18)15-17-9-5-3-6-10-17/h3-12,16,20H,2,13-15H2,1H3,(H2,23,25,26). The van der Waals surface area contributed by atoms with Crippen molar-refractivity contribution in [1.82, 2.24) is 15.6 Å². The Kier molecular flexibility index (Phi) is 6.99. The number of thiazole rings is 1. The van der Waals surface area contributed by atoms with Crippen LogP contribution in [0.2, 0.25) is 0 Å². The van der Waals surface area contributed by atoms with Crippen LogP contribution in [0.5, 0.6) is 0 Å². The fraction of sp³-hybridized carbons (Fsp3) is 0.273. The summed E-state index contributed by atoms with van der Waals surface area (Å²) in [4.78, 5) is 17.0. The maximum absolute atomic E-state index is 12.4. The summed E-state index contributed by atoms with van der Waals surface area (Å²) in [5.41, 5.74) is 3.34. The molecule has 27 heavy (non-hydrogen) atoms. The molecule has 4 nitrogen and oxygen atoms in total. The molecule has 1 unspecified atom stereocenters. The molecule has 0 saturated carbocycles. The number of rotatable bonds is 8. The maximum atomic E-state index is 12.4. The molecule has 5 heteroatoms. The van der Waals surface area contributed by atoms with E-state index in [0.29, 0.717) is 6.54 Å². The Morgan fingerprint density at radius 1 is 1.07 bits per heavy atom. The summed E-state index contributed by atoms with van der Waals surface area (Å²) in [7, 11) is 0. The maximum Gasteiger partial charge on any atom is 0.315 e. The molecular formula is C22H25N3OS. The van der Waals surface area contributed by atoms with Crippen molar-refractivity contribution in [3.05, 3.63) is 87.9 Å². The van der Waals surface area contributed by atoms with Gasteiger partial charge >= 0.3 is 6.03 Å². The van der Waals surface area contributed by atoms with Crippen LogP contribution in [-0.4, -0.2) is 17.6 Å². The van der Waals surface area contributed by atoms with E-state index in [-0.39, 0.29) is 12.1 Å². The van der Waals surface area contributed by atoms with Crippen molar-refractivity contribution in [3.8, 4) is 0 Å². The van der Waals surface area contributed by atoms with Crippen molar-refractivity contribution in [2.45, 2.75) is 32.2 Å². The number of urea groups is 1. The molecular weight excluding hydrogens is 354 g/mol. The molecule has 0 aliphatic carbocycles. The molecule has 3 aromatic rings. The third-order valence-electron chi connectivity index (χ3n) is 4.36. The van der Waals surface area contributed by atoms with Gasteiger partial charge in [-0.3, -0.25) is 0 Å². The molecule has 1 aromatic heterocycles. The van der Waals surface area contributed by atoms with E-state index >= 15 is 0 Å². The van der Waals surface area contributed by atoms with Gasteiger partial charge in [-0.1, -0.05) is 67.6 Å². The average molecular weight is 380 g/mol. The monoisotopic (exact) mass is 379 g/mol. The molecule has 2 aromatic carbocycles. The SMILES string of the molecule is CCc1nc(CCNC(=O)NC(Cc2ccccc2)c2ccccc2)cs1. The summed E-state index contributed by atoms with van der Waals surface area (Å²) >= 11 is 1.68. The molecule has 0 saturated heterocycles. The van der Waals surface area contributed by atoms with Gasteiger partial charge in [0.2, 0.25) is 0 Å². The highest BCUT2D eigenvalue weighted by atomic mass is 32.1. The number of carbonyl (C=O) groups is 1. The Bertz CT molecular complexity index is 833. The Morgan fingerprint density at radius 2 is 1.78 bits per heavy atom. The molecule has 2 N–H and O–H groups in total. The molecule has 140 valence electrons. The van der Waals surface area contributed by atoms with Crippen LogP contribution in [-0.2, 0) is 19.3 Å². The van der Waals surface area contributed by atoms with Crippen molar-refractivity contribution in [2.75, 3.05) is 6.54 Å². The molecule has 0 fully saturated rings. The third-order valence-corrected chi connectivity index (χ3v) is 5.40. The van der Waals surface area contributed by atoms with E-state index in [0.717, 1.165) is 35.5 Å². The van der Waals surface area contributed by atoms with Gasteiger partial charge in [-0.2, -0.15) is 0 Å². The van der Waals surface area contributed by atoms with Gasteiger partial charge in [0, 0.05) is 18.3 Å². The van der Waals surface area contributed by atoms with Crippen molar-refractivity contribution in [3.63, 3.8) is 0 Å². The first-order chi connectivity index (χ1) is 13.2. The lowest BCUT2D eigenvalue weighted by Gasteiger charge is -2.20. The van der Waals surface area contributed by atoms with Crippen LogP contribution in [0.3, 0.4) is 0 Å². The minimum Gasteiger partial charge on any atom is -0.338 e. The van der Waals surface area contributed by atoms with Gasteiger partial charge in [-0.05, 0) is 24.0 Å². The van der Waals surface area contributed by atoms with Gasteiger partial charge in [-0.15, -0.1) is 11.3 Å². The van der Waals surface area contributed by atoms with Gasteiger partial charge in [0.25, 0.3) is 0 Å². The van der Waals surface area contributed by atoms with Gasteiger partial charge in [0.05, 0.1) is 16.7 Å². The first kappa shape index (κ1) is 19.1. The highest BCUT2D eigenvalue weighted by molar-refractivity contribution is 7.09. The average Bonchev–Trinajstić information content (AvgIpc) is 3.17. The number of nitrogens with zero attached hydrogens (tertiary/aromatic N) is 1. The van der Waals surface area contributed by atoms with Crippen molar-refractivity contribution < 1.29 is 4.79 Å². The van der Waals surface area contributed by atoms with Gasteiger partial charge in [-0.25, -0.2) is 9.78 Å². The highest BCUT2D eigenvalue weighted by Crippen LogP contribution is 2.18. The zero-order chi connectivity index (χ0) is 18.9. The summed E-state index contributed by atoms with van der Waals surface area (Å²) < 4.78 is 0. The first-order valence-electron chi connectivity index (χ1n) is 9.31. The van der Waals surface area contributed by atoms with Gasteiger partial charge < -0.3 is 10.6 Å². The van der Waals surface area contributed by atoms with E-state index in [4.69, 9.17) is 0 Å². The molecule has 0 aliphatic heterocycles. The molecule has 1 atom stereocenters. The number of hydrogen-bond acceptors (Lipinski definition) is 3. The second-order valence-corrected chi connectivity index (χ2v) is 7.33. The predicted octanol–water partition coefficient (Wildman–Crippen LogP) is 4.53. The zero-order valence-electron chi connectivity index (χ0n) is 15.5. The predicted molar refractivity (Wildman–Crippen MR) is 111 cm³/mol. The first-order valence-corrected chi connectivity index (χ1v) is 10.2. The number of aryl methyl sites for hydroxylation is 1. The highest BCUT2D eigenvalue weighted by Gasteiger charge is 2.15. The third kappa shape index (κ3) is 5.93. The number of benzene rings is 2. The Balaban J connectivity index is 1.57. The van der Waals surface area contributed by atoms with Crippen LogP contribution in [0.1, 0.15) is 34.8 Å². The van der Waals surface area contributed by atoms with Crippen LogP contribution in [0.25, 0.3) is 0 Å². The number of carbonyl (C=O) groups excluding carboxylic acids is 1. The quantitative estimate of drug-likeness (QED) is 0.604. The molecule has 3 rings (SSSR count). The molecule has 1 heterocycles. The van der Waals surface area contributed by atoms with Crippen LogP contribution in [0.15, 0.2) is 66.0 Å². The summed E-state index contributed by atoms with van der Waals surface area (Å²) in [5, 5.41) is 9.29. The normalized spacial score (nSPS) is 11.7. The van der Waals surface area contributed by atoms with E-state index in [9.17, 15) is 4.79 Å². The number of amides is 2. The summed E-state index contributed by atoms with van der Waals surface area (Å²) in [6.07, 6.45) is 2.46. The fourth-order valence-corrected chi connectivity index (χ4v) is 3.71.